The topological polar surface area (TPSA) is 75.4 Å². The lowest BCUT2D eigenvalue weighted by atomic mass is 9.96. The zero-order chi connectivity index (χ0) is 16.4. The molecule has 23 heavy (non-hydrogen) atoms. The monoisotopic (exact) mass is 379 g/mol. The first-order chi connectivity index (χ1) is 11.0. The molecular formula is C17H22BrN3O2. The SMILES string of the molecule is NCC1(NC(=O)C2CCN(c3cccc(Br)c3)C2=O)CCCC1. The molecule has 1 aliphatic carbocycles. The van der Waals surface area contributed by atoms with Crippen molar-refractivity contribution < 1.29 is 9.59 Å². The van der Waals surface area contributed by atoms with Gasteiger partial charge in [-0.05, 0) is 37.5 Å². The van der Waals surface area contributed by atoms with Crippen LogP contribution in [0.25, 0.3) is 0 Å². The van der Waals surface area contributed by atoms with Crippen molar-refractivity contribution >= 4 is 33.4 Å². The largest absolute Gasteiger partial charge is 0.349 e. The zero-order valence-corrected chi connectivity index (χ0v) is 14.6. The number of anilines is 1. The Morgan fingerprint density at radius 1 is 1.39 bits per heavy atom. The molecule has 5 nitrogen and oxygen atoms in total. The van der Waals surface area contributed by atoms with Crippen LogP contribution in [0.5, 0.6) is 0 Å². The smallest absolute Gasteiger partial charge is 0.239 e. The molecule has 1 unspecified atom stereocenters. The van der Waals surface area contributed by atoms with Crippen LogP contribution < -0.4 is 16.0 Å². The summed E-state index contributed by atoms with van der Waals surface area (Å²) in [7, 11) is 0. The maximum atomic E-state index is 12.6. The maximum absolute atomic E-state index is 12.6. The zero-order valence-electron chi connectivity index (χ0n) is 13.1. The van der Waals surface area contributed by atoms with Crippen LogP contribution in [0.4, 0.5) is 5.69 Å². The summed E-state index contributed by atoms with van der Waals surface area (Å²) in [5.41, 5.74) is 6.39. The van der Waals surface area contributed by atoms with E-state index in [1.807, 2.05) is 24.3 Å². The fourth-order valence-corrected chi connectivity index (χ4v) is 3.99. The third-order valence-corrected chi connectivity index (χ3v) is 5.47. The number of hydrogen-bond donors (Lipinski definition) is 2. The van der Waals surface area contributed by atoms with Crippen LogP contribution in [0.3, 0.4) is 0 Å². The highest BCUT2D eigenvalue weighted by atomic mass is 79.9. The number of hydrogen-bond acceptors (Lipinski definition) is 3. The van der Waals surface area contributed by atoms with Gasteiger partial charge in [0.1, 0.15) is 5.92 Å². The van der Waals surface area contributed by atoms with E-state index in [1.165, 1.54) is 0 Å². The van der Waals surface area contributed by atoms with Gasteiger partial charge in [0.25, 0.3) is 0 Å². The number of nitrogens with two attached hydrogens (primary N) is 1. The number of rotatable bonds is 4. The first kappa shape index (κ1) is 16.5. The van der Waals surface area contributed by atoms with Crippen LogP contribution in [0.2, 0.25) is 0 Å². The third-order valence-electron chi connectivity index (χ3n) is 4.98. The van der Waals surface area contributed by atoms with Crippen molar-refractivity contribution in [2.24, 2.45) is 11.7 Å². The molecular weight excluding hydrogens is 358 g/mol. The maximum Gasteiger partial charge on any atom is 0.239 e. The number of carbonyl (C=O) groups is 2. The number of amides is 2. The van der Waals surface area contributed by atoms with E-state index in [-0.39, 0.29) is 17.4 Å². The Balaban J connectivity index is 1.70. The van der Waals surface area contributed by atoms with Crippen molar-refractivity contribution in [2.75, 3.05) is 18.0 Å². The second-order valence-corrected chi connectivity index (χ2v) is 7.41. The number of carbonyl (C=O) groups excluding carboxylic acids is 2. The number of halogens is 1. The van der Waals surface area contributed by atoms with E-state index in [4.69, 9.17) is 5.73 Å². The van der Waals surface area contributed by atoms with Gasteiger partial charge in [-0.1, -0.05) is 34.8 Å². The number of nitrogens with one attached hydrogen (secondary N) is 1. The summed E-state index contributed by atoms with van der Waals surface area (Å²) in [5, 5.41) is 3.08. The Kier molecular flexibility index (Phi) is 4.73. The normalized spacial score (nSPS) is 23.3. The Morgan fingerprint density at radius 2 is 2.13 bits per heavy atom. The fourth-order valence-electron chi connectivity index (χ4n) is 3.60. The minimum atomic E-state index is -0.599. The first-order valence-electron chi connectivity index (χ1n) is 8.14. The molecule has 1 saturated heterocycles. The van der Waals surface area contributed by atoms with E-state index in [2.05, 4.69) is 21.2 Å². The van der Waals surface area contributed by atoms with Gasteiger partial charge in [0.2, 0.25) is 11.8 Å². The molecule has 3 rings (SSSR count). The summed E-state index contributed by atoms with van der Waals surface area (Å²) in [4.78, 5) is 26.9. The van der Waals surface area contributed by atoms with E-state index in [0.29, 0.717) is 19.5 Å². The van der Waals surface area contributed by atoms with Crippen LogP contribution in [-0.4, -0.2) is 30.4 Å². The highest BCUT2D eigenvalue weighted by Crippen LogP contribution is 2.31. The molecule has 1 heterocycles. The average Bonchev–Trinajstić information content (AvgIpc) is 3.14. The molecule has 0 bridgehead atoms. The van der Waals surface area contributed by atoms with Gasteiger partial charge in [-0.15, -0.1) is 0 Å². The highest BCUT2D eigenvalue weighted by Gasteiger charge is 2.41. The molecule has 0 spiro atoms. The van der Waals surface area contributed by atoms with Gasteiger partial charge in [-0.25, -0.2) is 0 Å². The van der Waals surface area contributed by atoms with Gasteiger partial charge in [-0.2, -0.15) is 0 Å². The van der Waals surface area contributed by atoms with E-state index < -0.39 is 5.92 Å². The second-order valence-electron chi connectivity index (χ2n) is 6.49. The Bertz CT molecular complexity index is 614. The molecule has 3 N–H and O–H groups in total. The molecule has 1 atom stereocenters. The van der Waals surface area contributed by atoms with Gasteiger partial charge in [0.05, 0.1) is 5.54 Å². The van der Waals surface area contributed by atoms with Gasteiger partial charge < -0.3 is 16.0 Å². The van der Waals surface area contributed by atoms with Gasteiger partial charge in [-0.3, -0.25) is 9.59 Å². The molecule has 1 aliphatic heterocycles. The van der Waals surface area contributed by atoms with Crippen LogP contribution in [0, 0.1) is 5.92 Å². The predicted molar refractivity (Wildman–Crippen MR) is 93.0 cm³/mol. The first-order valence-corrected chi connectivity index (χ1v) is 8.93. The summed E-state index contributed by atoms with van der Waals surface area (Å²) in [6.07, 6.45) is 4.54. The molecule has 0 radical (unpaired) electrons. The standard InChI is InChI=1S/C17H22BrN3O2/c18-12-4-3-5-13(10-12)21-9-6-14(16(21)23)15(22)20-17(11-19)7-1-2-8-17/h3-5,10,14H,1-2,6-9,11,19H2,(H,20,22). The molecule has 1 aromatic rings. The van der Waals surface area contributed by atoms with Crippen molar-refractivity contribution in [2.45, 2.75) is 37.6 Å². The molecule has 2 aliphatic rings. The molecule has 2 fully saturated rings. The summed E-state index contributed by atoms with van der Waals surface area (Å²) in [5.74, 6) is -0.886. The van der Waals surface area contributed by atoms with E-state index in [9.17, 15) is 9.59 Å². The quantitative estimate of drug-likeness (QED) is 0.787. The molecule has 0 aromatic heterocycles. The summed E-state index contributed by atoms with van der Waals surface area (Å²) >= 11 is 3.42. The van der Waals surface area contributed by atoms with Crippen molar-refractivity contribution in [3.05, 3.63) is 28.7 Å². The van der Waals surface area contributed by atoms with Crippen LogP contribution in [0.15, 0.2) is 28.7 Å². The predicted octanol–water partition coefficient (Wildman–Crippen LogP) is 2.19. The average molecular weight is 380 g/mol. The lowest BCUT2D eigenvalue weighted by Gasteiger charge is -2.29. The lowest BCUT2D eigenvalue weighted by Crippen LogP contribution is -2.54. The van der Waals surface area contributed by atoms with E-state index in [0.717, 1.165) is 35.8 Å². The number of nitrogens with zero attached hydrogens (tertiary/aromatic N) is 1. The molecule has 124 valence electrons. The summed E-state index contributed by atoms with van der Waals surface area (Å²) in [6.45, 7) is 1.01. The lowest BCUT2D eigenvalue weighted by molar-refractivity contribution is -0.133. The van der Waals surface area contributed by atoms with Crippen molar-refractivity contribution in [3.8, 4) is 0 Å². The van der Waals surface area contributed by atoms with E-state index in [1.54, 1.807) is 4.90 Å². The van der Waals surface area contributed by atoms with Crippen molar-refractivity contribution in [3.63, 3.8) is 0 Å². The summed E-state index contributed by atoms with van der Waals surface area (Å²) < 4.78 is 0.920. The van der Waals surface area contributed by atoms with Crippen LogP contribution in [-0.2, 0) is 9.59 Å². The fraction of sp³-hybridized carbons (Fsp3) is 0.529. The Hall–Kier alpha value is -1.40. The third kappa shape index (κ3) is 3.28. The van der Waals surface area contributed by atoms with Crippen molar-refractivity contribution in [1.82, 2.24) is 5.32 Å². The van der Waals surface area contributed by atoms with Crippen molar-refractivity contribution in [1.29, 1.82) is 0 Å². The van der Waals surface area contributed by atoms with Gasteiger partial charge >= 0.3 is 0 Å². The van der Waals surface area contributed by atoms with Crippen LogP contribution >= 0.6 is 15.9 Å². The Morgan fingerprint density at radius 3 is 2.78 bits per heavy atom. The van der Waals surface area contributed by atoms with E-state index >= 15 is 0 Å². The van der Waals surface area contributed by atoms with Crippen LogP contribution in [0.1, 0.15) is 32.1 Å². The summed E-state index contributed by atoms with van der Waals surface area (Å²) in [6, 6.07) is 7.60. The Labute approximate surface area is 144 Å². The highest BCUT2D eigenvalue weighted by molar-refractivity contribution is 9.10. The molecule has 2 amide bonds. The minimum absolute atomic E-state index is 0.120. The minimum Gasteiger partial charge on any atom is -0.349 e. The van der Waals surface area contributed by atoms with Gasteiger partial charge in [0.15, 0.2) is 0 Å². The molecule has 6 heteroatoms. The molecule has 1 saturated carbocycles. The van der Waals surface area contributed by atoms with Gasteiger partial charge in [0, 0.05) is 23.2 Å². The number of benzene rings is 1. The molecule has 1 aromatic carbocycles. The second kappa shape index (κ2) is 6.61.